The average Bonchev–Trinajstić information content (AvgIpc) is 3.40. The Morgan fingerprint density at radius 2 is 1.97 bits per heavy atom. The quantitative estimate of drug-likeness (QED) is 0.656. The molecule has 152 valence electrons. The number of piperazine rings is 1. The van der Waals surface area contributed by atoms with Crippen molar-refractivity contribution in [3.8, 4) is 5.82 Å². The molecule has 0 saturated carbocycles. The Morgan fingerprint density at radius 3 is 2.55 bits per heavy atom. The van der Waals surface area contributed by atoms with Gasteiger partial charge in [0.15, 0.2) is 5.82 Å². The zero-order valence-electron chi connectivity index (χ0n) is 16.9. The molecule has 0 atom stereocenters. The Balaban J connectivity index is 1.32. The molecular formula is C20H25N7OS. The number of carbonyl (C=O) groups excluding carboxylic acids is 1. The van der Waals surface area contributed by atoms with Gasteiger partial charge in [-0.3, -0.25) is 9.69 Å². The zero-order chi connectivity index (χ0) is 20.4. The molecule has 0 radical (unpaired) electrons. The fraction of sp³-hybridized carbons (Fsp3) is 0.450. The SMILES string of the molecule is CC(C)(C)c1nc(CN2CCN(C(=O)c3ccc(-n4cncn4)nc3)CC2)cs1. The first-order chi connectivity index (χ1) is 13.9. The Bertz CT molecular complexity index is 952. The molecule has 0 N–H and O–H groups in total. The summed E-state index contributed by atoms with van der Waals surface area (Å²) in [4.78, 5) is 30.1. The minimum Gasteiger partial charge on any atom is -0.336 e. The lowest BCUT2D eigenvalue weighted by molar-refractivity contribution is 0.0626. The van der Waals surface area contributed by atoms with Crippen molar-refractivity contribution in [3.05, 3.63) is 52.6 Å². The van der Waals surface area contributed by atoms with Crippen molar-refractivity contribution in [1.29, 1.82) is 0 Å². The molecule has 1 aliphatic heterocycles. The smallest absolute Gasteiger partial charge is 0.255 e. The third-order valence-corrected chi connectivity index (χ3v) is 6.20. The molecule has 0 spiro atoms. The van der Waals surface area contributed by atoms with Gasteiger partial charge in [0.1, 0.15) is 12.7 Å². The lowest BCUT2D eigenvalue weighted by Gasteiger charge is -2.34. The van der Waals surface area contributed by atoms with Crippen molar-refractivity contribution >= 4 is 17.2 Å². The topological polar surface area (TPSA) is 80.0 Å². The Labute approximate surface area is 174 Å². The minimum atomic E-state index is 0.0194. The standard InChI is InChI=1S/C20H25N7OS/c1-20(2,3)19-24-16(12-29-19)11-25-6-8-26(9-7-25)18(28)15-4-5-17(22-10-15)27-14-21-13-23-27/h4-5,10,12-14H,6-9,11H2,1-3H3. The van der Waals surface area contributed by atoms with Gasteiger partial charge in [-0.15, -0.1) is 11.3 Å². The van der Waals surface area contributed by atoms with E-state index < -0.39 is 0 Å². The summed E-state index contributed by atoms with van der Waals surface area (Å²) in [5.41, 5.74) is 1.80. The number of nitrogens with zero attached hydrogens (tertiary/aromatic N) is 7. The maximum Gasteiger partial charge on any atom is 0.255 e. The Hall–Kier alpha value is -2.65. The van der Waals surface area contributed by atoms with Crippen molar-refractivity contribution in [2.45, 2.75) is 32.7 Å². The molecule has 0 unspecified atom stereocenters. The molecule has 1 saturated heterocycles. The molecular weight excluding hydrogens is 386 g/mol. The first-order valence-electron chi connectivity index (χ1n) is 9.68. The highest BCUT2D eigenvalue weighted by atomic mass is 32.1. The third kappa shape index (κ3) is 4.51. The van der Waals surface area contributed by atoms with Crippen LogP contribution in [-0.4, -0.2) is 66.6 Å². The van der Waals surface area contributed by atoms with Crippen LogP contribution in [0.1, 0.15) is 41.8 Å². The van der Waals surface area contributed by atoms with Crippen molar-refractivity contribution in [2.75, 3.05) is 26.2 Å². The number of carbonyl (C=O) groups is 1. The predicted octanol–water partition coefficient (Wildman–Crippen LogP) is 2.37. The van der Waals surface area contributed by atoms with Crippen molar-refractivity contribution in [2.24, 2.45) is 0 Å². The average molecular weight is 412 g/mol. The molecule has 8 nitrogen and oxygen atoms in total. The van der Waals surface area contributed by atoms with Gasteiger partial charge >= 0.3 is 0 Å². The van der Waals surface area contributed by atoms with Crippen LogP contribution in [0.2, 0.25) is 0 Å². The Morgan fingerprint density at radius 1 is 1.17 bits per heavy atom. The maximum atomic E-state index is 12.8. The summed E-state index contributed by atoms with van der Waals surface area (Å²) in [5, 5.41) is 7.37. The van der Waals surface area contributed by atoms with Gasteiger partial charge in [0.05, 0.1) is 16.3 Å². The van der Waals surface area contributed by atoms with Gasteiger partial charge in [-0.1, -0.05) is 20.8 Å². The van der Waals surface area contributed by atoms with E-state index in [-0.39, 0.29) is 11.3 Å². The number of aromatic nitrogens is 5. The van der Waals surface area contributed by atoms with E-state index in [2.05, 4.69) is 46.1 Å². The molecule has 29 heavy (non-hydrogen) atoms. The van der Waals surface area contributed by atoms with Crippen LogP contribution < -0.4 is 0 Å². The van der Waals surface area contributed by atoms with Crippen LogP contribution in [0.15, 0.2) is 36.4 Å². The number of thiazole rings is 1. The number of hydrogen-bond acceptors (Lipinski definition) is 7. The summed E-state index contributed by atoms with van der Waals surface area (Å²) >= 11 is 1.73. The van der Waals surface area contributed by atoms with Gasteiger partial charge in [-0.25, -0.2) is 19.6 Å². The van der Waals surface area contributed by atoms with E-state index in [0.29, 0.717) is 24.5 Å². The van der Waals surface area contributed by atoms with Crippen LogP contribution >= 0.6 is 11.3 Å². The van der Waals surface area contributed by atoms with E-state index >= 15 is 0 Å². The van der Waals surface area contributed by atoms with Crippen molar-refractivity contribution < 1.29 is 4.79 Å². The summed E-state index contributed by atoms with van der Waals surface area (Å²) in [6, 6.07) is 3.58. The molecule has 4 rings (SSSR count). The molecule has 1 aliphatic rings. The first kappa shape index (κ1) is 19.7. The highest BCUT2D eigenvalue weighted by molar-refractivity contribution is 7.09. The summed E-state index contributed by atoms with van der Waals surface area (Å²) < 4.78 is 1.57. The van der Waals surface area contributed by atoms with Gasteiger partial charge in [-0.05, 0) is 12.1 Å². The largest absolute Gasteiger partial charge is 0.336 e. The second kappa shape index (κ2) is 8.00. The van der Waals surface area contributed by atoms with Gasteiger partial charge in [0.25, 0.3) is 5.91 Å². The van der Waals surface area contributed by atoms with E-state index in [9.17, 15) is 4.79 Å². The normalized spacial score (nSPS) is 15.6. The van der Waals surface area contributed by atoms with Crippen molar-refractivity contribution in [3.63, 3.8) is 0 Å². The molecule has 1 amide bonds. The fourth-order valence-electron chi connectivity index (χ4n) is 3.22. The van der Waals surface area contributed by atoms with E-state index in [1.807, 2.05) is 4.90 Å². The summed E-state index contributed by atoms with van der Waals surface area (Å²) in [7, 11) is 0. The molecule has 9 heteroatoms. The van der Waals surface area contributed by atoms with E-state index in [0.717, 1.165) is 25.3 Å². The molecule has 3 aromatic heterocycles. The number of hydrogen-bond donors (Lipinski definition) is 0. The zero-order valence-corrected chi connectivity index (χ0v) is 17.8. The monoisotopic (exact) mass is 411 g/mol. The first-order valence-corrected chi connectivity index (χ1v) is 10.6. The summed E-state index contributed by atoms with van der Waals surface area (Å²) in [5.74, 6) is 0.660. The molecule has 1 fully saturated rings. The van der Waals surface area contributed by atoms with Crippen LogP contribution in [-0.2, 0) is 12.0 Å². The lowest BCUT2D eigenvalue weighted by atomic mass is 9.98. The van der Waals surface area contributed by atoms with Crippen LogP contribution in [0, 0.1) is 0 Å². The lowest BCUT2D eigenvalue weighted by Crippen LogP contribution is -2.48. The highest BCUT2D eigenvalue weighted by Gasteiger charge is 2.24. The number of amides is 1. The minimum absolute atomic E-state index is 0.0194. The Kier molecular flexibility index (Phi) is 5.42. The van der Waals surface area contributed by atoms with Crippen molar-refractivity contribution in [1.82, 2.24) is 34.5 Å². The molecule has 0 bridgehead atoms. The van der Waals surface area contributed by atoms with Gasteiger partial charge in [-0.2, -0.15) is 5.10 Å². The number of rotatable bonds is 4. The molecule has 0 aromatic carbocycles. The van der Waals surface area contributed by atoms with E-state index in [1.54, 1.807) is 40.7 Å². The van der Waals surface area contributed by atoms with E-state index in [1.165, 1.54) is 11.3 Å². The molecule has 4 heterocycles. The summed E-state index contributed by atoms with van der Waals surface area (Å²) in [6.45, 7) is 10.5. The second-order valence-electron chi connectivity index (χ2n) is 8.21. The number of pyridine rings is 1. The van der Waals surface area contributed by atoms with Gasteiger partial charge < -0.3 is 4.90 Å². The fourth-order valence-corrected chi connectivity index (χ4v) is 4.12. The van der Waals surface area contributed by atoms with Crippen LogP contribution in [0.25, 0.3) is 5.82 Å². The third-order valence-electron chi connectivity index (χ3n) is 4.89. The van der Waals surface area contributed by atoms with Crippen LogP contribution in [0.5, 0.6) is 0 Å². The van der Waals surface area contributed by atoms with Crippen LogP contribution in [0.4, 0.5) is 0 Å². The van der Waals surface area contributed by atoms with Crippen LogP contribution in [0.3, 0.4) is 0 Å². The maximum absolute atomic E-state index is 12.8. The molecule has 0 aliphatic carbocycles. The summed E-state index contributed by atoms with van der Waals surface area (Å²) in [6.07, 6.45) is 4.64. The highest BCUT2D eigenvalue weighted by Crippen LogP contribution is 2.26. The van der Waals surface area contributed by atoms with E-state index in [4.69, 9.17) is 4.98 Å². The second-order valence-corrected chi connectivity index (χ2v) is 9.07. The van der Waals surface area contributed by atoms with Gasteiger partial charge in [0, 0.05) is 49.7 Å². The molecule has 3 aromatic rings. The van der Waals surface area contributed by atoms with Gasteiger partial charge in [0.2, 0.25) is 0 Å². The predicted molar refractivity (Wildman–Crippen MR) is 111 cm³/mol.